The standard InChI is InChI=1S/C11H18O/c1-3-5-11(12)10-7-4-6-9(2)8-10/h3,9-10H,1,4-8H2,2H3. The molecule has 0 radical (unpaired) electrons. The predicted molar refractivity (Wildman–Crippen MR) is 50.9 cm³/mol. The maximum atomic E-state index is 11.5. The minimum atomic E-state index is 0.340. The molecule has 68 valence electrons. The van der Waals surface area contributed by atoms with E-state index in [-0.39, 0.29) is 0 Å². The van der Waals surface area contributed by atoms with Gasteiger partial charge in [0.2, 0.25) is 0 Å². The Morgan fingerprint density at radius 1 is 1.58 bits per heavy atom. The zero-order valence-corrected chi connectivity index (χ0v) is 7.88. The van der Waals surface area contributed by atoms with Gasteiger partial charge in [0.05, 0.1) is 0 Å². The first-order chi connectivity index (χ1) is 5.74. The highest BCUT2D eigenvalue weighted by Crippen LogP contribution is 2.29. The van der Waals surface area contributed by atoms with Gasteiger partial charge in [0.15, 0.2) is 0 Å². The molecule has 1 aliphatic rings. The van der Waals surface area contributed by atoms with Crippen LogP contribution in [0.2, 0.25) is 0 Å². The lowest BCUT2D eigenvalue weighted by atomic mass is 9.80. The monoisotopic (exact) mass is 166 g/mol. The third kappa shape index (κ3) is 2.47. The van der Waals surface area contributed by atoms with E-state index in [1.807, 2.05) is 0 Å². The van der Waals surface area contributed by atoms with Crippen LogP contribution in [0.1, 0.15) is 39.0 Å². The van der Waals surface area contributed by atoms with Crippen LogP contribution in [0.25, 0.3) is 0 Å². The van der Waals surface area contributed by atoms with Gasteiger partial charge in [-0.3, -0.25) is 4.79 Å². The maximum Gasteiger partial charge on any atom is 0.139 e. The lowest BCUT2D eigenvalue weighted by Crippen LogP contribution is -2.21. The smallest absolute Gasteiger partial charge is 0.139 e. The fourth-order valence-corrected chi connectivity index (χ4v) is 2.04. The van der Waals surface area contributed by atoms with Gasteiger partial charge in [-0.25, -0.2) is 0 Å². The van der Waals surface area contributed by atoms with Crippen molar-refractivity contribution in [2.45, 2.75) is 39.0 Å². The summed E-state index contributed by atoms with van der Waals surface area (Å²) in [5, 5.41) is 0. The van der Waals surface area contributed by atoms with Gasteiger partial charge in [-0.2, -0.15) is 0 Å². The molecule has 1 saturated carbocycles. The Hall–Kier alpha value is -0.590. The summed E-state index contributed by atoms with van der Waals surface area (Å²) >= 11 is 0. The van der Waals surface area contributed by atoms with Crippen molar-refractivity contribution >= 4 is 5.78 Å². The van der Waals surface area contributed by atoms with Crippen molar-refractivity contribution in [1.29, 1.82) is 0 Å². The molecule has 0 spiro atoms. The normalized spacial score (nSPS) is 29.8. The Morgan fingerprint density at radius 3 is 2.92 bits per heavy atom. The minimum Gasteiger partial charge on any atom is -0.299 e. The Bertz CT molecular complexity index is 172. The molecule has 0 aromatic heterocycles. The molecule has 0 bridgehead atoms. The molecule has 1 aliphatic carbocycles. The van der Waals surface area contributed by atoms with E-state index in [1.165, 1.54) is 12.8 Å². The number of hydrogen-bond donors (Lipinski definition) is 0. The SMILES string of the molecule is C=CCC(=O)C1CCCC(C)C1. The van der Waals surface area contributed by atoms with E-state index in [0.717, 1.165) is 18.8 Å². The van der Waals surface area contributed by atoms with Crippen LogP contribution in [0, 0.1) is 11.8 Å². The average Bonchev–Trinajstić information content (AvgIpc) is 2.05. The second-order valence-electron chi connectivity index (χ2n) is 3.93. The Labute approximate surface area is 74.9 Å². The van der Waals surface area contributed by atoms with E-state index < -0.39 is 0 Å². The van der Waals surface area contributed by atoms with Crippen molar-refractivity contribution in [2.24, 2.45) is 11.8 Å². The van der Waals surface area contributed by atoms with Crippen LogP contribution < -0.4 is 0 Å². The molecular weight excluding hydrogens is 148 g/mol. The summed E-state index contributed by atoms with van der Waals surface area (Å²) in [6.45, 7) is 5.84. The lowest BCUT2D eigenvalue weighted by molar-refractivity contribution is -0.123. The van der Waals surface area contributed by atoms with Gasteiger partial charge >= 0.3 is 0 Å². The van der Waals surface area contributed by atoms with Gasteiger partial charge in [-0.1, -0.05) is 25.8 Å². The summed E-state index contributed by atoms with van der Waals surface area (Å²) in [6, 6.07) is 0. The number of hydrogen-bond acceptors (Lipinski definition) is 1. The molecule has 0 aromatic carbocycles. The summed E-state index contributed by atoms with van der Waals surface area (Å²) in [4.78, 5) is 11.5. The fraction of sp³-hybridized carbons (Fsp3) is 0.727. The van der Waals surface area contributed by atoms with Gasteiger partial charge in [-0.05, 0) is 18.8 Å². The molecule has 0 saturated heterocycles. The van der Waals surface area contributed by atoms with Crippen LogP contribution in [0.3, 0.4) is 0 Å². The van der Waals surface area contributed by atoms with Gasteiger partial charge < -0.3 is 0 Å². The van der Waals surface area contributed by atoms with Crippen LogP contribution in [0.15, 0.2) is 12.7 Å². The molecule has 12 heavy (non-hydrogen) atoms. The highest BCUT2D eigenvalue weighted by molar-refractivity contribution is 5.82. The molecule has 0 aromatic rings. The van der Waals surface area contributed by atoms with E-state index in [0.29, 0.717) is 18.1 Å². The van der Waals surface area contributed by atoms with Crippen LogP contribution in [0.4, 0.5) is 0 Å². The summed E-state index contributed by atoms with van der Waals surface area (Å²) < 4.78 is 0. The molecule has 1 nitrogen and oxygen atoms in total. The third-order valence-electron chi connectivity index (χ3n) is 2.74. The Balaban J connectivity index is 2.39. The first-order valence-electron chi connectivity index (χ1n) is 4.87. The predicted octanol–water partition coefficient (Wildman–Crippen LogP) is 2.96. The molecule has 2 unspecified atom stereocenters. The van der Waals surface area contributed by atoms with Crippen molar-refractivity contribution in [2.75, 3.05) is 0 Å². The van der Waals surface area contributed by atoms with E-state index >= 15 is 0 Å². The second kappa shape index (κ2) is 4.44. The molecular formula is C11H18O. The Kier molecular flexibility index (Phi) is 3.51. The third-order valence-corrected chi connectivity index (χ3v) is 2.74. The molecule has 1 heteroatoms. The van der Waals surface area contributed by atoms with Crippen LogP contribution in [0.5, 0.6) is 0 Å². The number of carbonyl (C=O) groups excluding carboxylic acids is 1. The number of Topliss-reactive ketones (excluding diaryl/α,β-unsaturated/α-hetero) is 1. The van der Waals surface area contributed by atoms with Crippen molar-refractivity contribution < 1.29 is 4.79 Å². The topological polar surface area (TPSA) is 17.1 Å². The van der Waals surface area contributed by atoms with Gasteiger partial charge in [-0.15, -0.1) is 6.58 Å². The molecule has 2 atom stereocenters. The van der Waals surface area contributed by atoms with E-state index in [2.05, 4.69) is 13.5 Å². The quantitative estimate of drug-likeness (QED) is 0.589. The molecule has 1 fully saturated rings. The first kappa shape index (κ1) is 9.50. The van der Waals surface area contributed by atoms with Crippen molar-refractivity contribution in [1.82, 2.24) is 0 Å². The molecule has 1 rings (SSSR count). The number of ketones is 1. The molecule has 0 heterocycles. The minimum absolute atomic E-state index is 0.340. The number of rotatable bonds is 3. The fourth-order valence-electron chi connectivity index (χ4n) is 2.04. The van der Waals surface area contributed by atoms with Crippen LogP contribution >= 0.6 is 0 Å². The van der Waals surface area contributed by atoms with Gasteiger partial charge in [0, 0.05) is 12.3 Å². The van der Waals surface area contributed by atoms with E-state index in [9.17, 15) is 4.79 Å². The van der Waals surface area contributed by atoms with Crippen molar-refractivity contribution in [3.8, 4) is 0 Å². The highest BCUT2D eigenvalue weighted by Gasteiger charge is 2.23. The molecule has 0 N–H and O–H groups in total. The Morgan fingerprint density at radius 2 is 2.33 bits per heavy atom. The summed E-state index contributed by atoms with van der Waals surface area (Å²) in [5.74, 6) is 1.49. The highest BCUT2D eigenvalue weighted by atomic mass is 16.1. The zero-order valence-electron chi connectivity index (χ0n) is 7.88. The van der Waals surface area contributed by atoms with Crippen LogP contribution in [-0.2, 0) is 4.79 Å². The van der Waals surface area contributed by atoms with E-state index in [1.54, 1.807) is 6.08 Å². The first-order valence-corrected chi connectivity index (χ1v) is 4.87. The van der Waals surface area contributed by atoms with Crippen LogP contribution in [-0.4, -0.2) is 5.78 Å². The van der Waals surface area contributed by atoms with Gasteiger partial charge in [0.25, 0.3) is 0 Å². The second-order valence-corrected chi connectivity index (χ2v) is 3.93. The summed E-state index contributed by atoms with van der Waals surface area (Å²) in [7, 11) is 0. The van der Waals surface area contributed by atoms with Gasteiger partial charge in [0.1, 0.15) is 5.78 Å². The average molecular weight is 166 g/mol. The molecule has 0 aliphatic heterocycles. The zero-order chi connectivity index (χ0) is 8.97. The maximum absolute atomic E-state index is 11.5. The molecule has 0 amide bonds. The van der Waals surface area contributed by atoms with E-state index in [4.69, 9.17) is 0 Å². The van der Waals surface area contributed by atoms with Crippen molar-refractivity contribution in [3.05, 3.63) is 12.7 Å². The number of carbonyl (C=O) groups is 1. The summed E-state index contributed by atoms with van der Waals surface area (Å²) in [5.41, 5.74) is 0. The van der Waals surface area contributed by atoms with Crippen molar-refractivity contribution in [3.63, 3.8) is 0 Å². The largest absolute Gasteiger partial charge is 0.299 e. The lowest BCUT2D eigenvalue weighted by Gasteiger charge is -2.25. The summed E-state index contributed by atoms with van der Waals surface area (Å²) in [6.07, 6.45) is 7.04. The number of allylic oxidation sites excluding steroid dienone is 1.